The fourth-order valence-corrected chi connectivity index (χ4v) is 1.33. The van der Waals surface area contributed by atoms with Crippen molar-refractivity contribution in [1.82, 2.24) is 4.98 Å². The van der Waals surface area contributed by atoms with Crippen LogP contribution in [0.2, 0.25) is 0 Å². The number of carbonyl (C=O) groups is 1. The van der Waals surface area contributed by atoms with Crippen LogP contribution in [0.25, 0.3) is 0 Å². The molecule has 1 aromatic rings. The van der Waals surface area contributed by atoms with Gasteiger partial charge in [-0.25, -0.2) is 0 Å². The smallest absolute Gasteiger partial charge is 0.313 e. The van der Waals surface area contributed by atoms with Crippen molar-refractivity contribution in [2.45, 2.75) is 5.92 Å². The second-order valence-corrected chi connectivity index (χ2v) is 3.43. The van der Waals surface area contributed by atoms with Crippen molar-refractivity contribution in [1.29, 1.82) is 0 Å². The molecule has 2 N–H and O–H groups in total. The van der Waals surface area contributed by atoms with Crippen LogP contribution in [0.3, 0.4) is 0 Å². The van der Waals surface area contributed by atoms with Crippen molar-refractivity contribution < 1.29 is 15.0 Å². The van der Waals surface area contributed by atoms with Gasteiger partial charge in [0, 0.05) is 16.9 Å². The lowest BCUT2D eigenvalue weighted by molar-refractivity contribution is -0.139. The lowest BCUT2D eigenvalue weighted by Gasteiger charge is -2.08. The number of pyridine rings is 1. The fraction of sp³-hybridized carbons (Fsp3) is 0.250. The Morgan fingerprint density at radius 1 is 1.62 bits per heavy atom. The van der Waals surface area contributed by atoms with Crippen LogP contribution in [0.4, 0.5) is 0 Å². The molecule has 1 heterocycles. The second-order valence-electron chi connectivity index (χ2n) is 2.51. The Balaban J connectivity index is 2.98. The van der Waals surface area contributed by atoms with Crippen molar-refractivity contribution in [2.75, 3.05) is 6.61 Å². The summed E-state index contributed by atoms with van der Waals surface area (Å²) in [5, 5.41) is 17.5. The largest absolute Gasteiger partial charge is 0.481 e. The highest BCUT2D eigenvalue weighted by atomic mass is 79.9. The maximum absolute atomic E-state index is 10.6. The summed E-state index contributed by atoms with van der Waals surface area (Å²) in [6.07, 6.45) is 2.99. The molecule has 0 saturated carbocycles. The van der Waals surface area contributed by atoms with Crippen molar-refractivity contribution in [3.05, 3.63) is 28.5 Å². The molecule has 0 radical (unpaired) electrons. The molecule has 70 valence electrons. The number of hydrogen-bond acceptors (Lipinski definition) is 3. The minimum atomic E-state index is -1.05. The maximum atomic E-state index is 10.6. The SMILES string of the molecule is O=C(O)[C@@H](CO)c1cncc(Br)c1. The third-order valence-electron chi connectivity index (χ3n) is 1.61. The molecule has 1 atom stereocenters. The Bertz CT molecular complexity index is 316. The molecule has 0 aliphatic rings. The molecule has 0 unspecified atom stereocenters. The third-order valence-corrected chi connectivity index (χ3v) is 2.04. The summed E-state index contributed by atoms with van der Waals surface area (Å²) >= 11 is 3.17. The molecule has 0 aromatic carbocycles. The van der Waals surface area contributed by atoms with E-state index < -0.39 is 18.5 Å². The van der Waals surface area contributed by atoms with Crippen molar-refractivity contribution in [2.24, 2.45) is 0 Å². The lowest BCUT2D eigenvalue weighted by Crippen LogP contribution is -2.15. The molecule has 1 rings (SSSR count). The monoisotopic (exact) mass is 245 g/mol. The van der Waals surface area contributed by atoms with E-state index in [0.717, 1.165) is 0 Å². The van der Waals surface area contributed by atoms with Crippen molar-refractivity contribution >= 4 is 21.9 Å². The zero-order valence-electron chi connectivity index (χ0n) is 6.64. The summed E-state index contributed by atoms with van der Waals surface area (Å²) in [5.41, 5.74) is 0.490. The minimum Gasteiger partial charge on any atom is -0.481 e. The Hall–Kier alpha value is -0.940. The number of aliphatic carboxylic acids is 1. The molecule has 1 aromatic heterocycles. The standard InChI is InChI=1S/C8H8BrNO3/c9-6-1-5(2-10-3-6)7(4-11)8(12)13/h1-3,7,11H,4H2,(H,12,13)/t7-/m0/s1. The molecule has 0 aliphatic carbocycles. The van der Waals surface area contributed by atoms with Gasteiger partial charge in [-0.15, -0.1) is 0 Å². The number of carboxylic acids is 1. The van der Waals surface area contributed by atoms with Gasteiger partial charge in [0.1, 0.15) is 5.92 Å². The average Bonchev–Trinajstić information content (AvgIpc) is 2.04. The van der Waals surface area contributed by atoms with Crippen LogP contribution in [-0.4, -0.2) is 27.8 Å². The predicted molar refractivity (Wildman–Crippen MR) is 49.4 cm³/mol. The first-order valence-electron chi connectivity index (χ1n) is 3.59. The molecule has 5 heteroatoms. The van der Waals surface area contributed by atoms with Crippen LogP contribution in [0, 0.1) is 0 Å². The van der Waals surface area contributed by atoms with Crippen molar-refractivity contribution in [3.63, 3.8) is 0 Å². The van der Waals surface area contributed by atoms with E-state index in [1.807, 2.05) is 0 Å². The predicted octanol–water partition coefficient (Wildman–Crippen LogP) is 1.00. The number of carboxylic acid groups (broad SMARTS) is 1. The molecule has 0 fully saturated rings. The van der Waals surface area contributed by atoms with E-state index in [-0.39, 0.29) is 0 Å². The summed E-state index contributed by atoms with van der Waals surface area (Å²) in [4.78, 5) is 14.5. The number of aliphatic hydroxyl groups is 1. The van der Waals surface area contributed by atoms with E-state index in [2.05, 4.69) is 20.9 Å². The summed E-state index contributed by atoms with van der Waals surface area (Å²) in [6.45, 7) is -0.423. The van der Waals surface area contributed by atoms with Gasteiger partial charge >= 0.3 is 5.97 Å². The summed E-state index contributed by atoms with van der Waals surface area (Å²) in [7, 11) is 0. The van der Waals surface area contributed by atoms with Crippen molar-refractivity contribution in [3.8, 4) is 0 Å². The first kappa shape index (κ1) is 10.1. The molecule has 4 nitrogen and oxygen atoms in total. The molecule has 0 aliphatic heterocycles. The Morgan fingerprint density at radius 3 is 2.77 bits per heavy atom. The highest BCUT2D eigenvalue weighted by molar-refractivity contribution is 9.10. The van der Waals surface area contributed by atoms with Gasteiger partial charge < -0.3 is 10.2 Å². The Labute approximate surface area is 83.4 Å². The first-order chi connectivity index (χ1) is 6.15. The molecular weight excluding hydrogens is 238 g/mol. The first-order valence-corrected chi connectivity index (χ1v) is 4.38. The number of nitrogens with zero attached hydrogens (tertiary/aromatic N) is 1. The van der Waals surface area contributed by atoms with Crippen LogP contribution < -0.4 is 0 Å². The number of halogens is 1. The normalized spacial score (nSPS) is 12.5. The highest BCUT2D eigenvalue weighted by Gasteiger charge is 2.18. The maximum Gasteiger partial charge on any atom is 0.313 e. The molecule has 0 bridgehead atoms. The van der Waals surface area contributed by atoms with Crippen LogP contribution in [0.5, 0.6) is 0 Å². The third kappa shape index (κ3) is 2.50. The molecule has 0 saturated heterocycles. The van der Waals surface area contributed by atoms with Gasteiger partial charge in [0.05, 0.1) is 6.61 Å². The Morgan fingerprint density at radius 2 is 2.31 bits per heavy atom. The highest BCUT2D eigenvalue weighted by Crippen LogP contribution is 2.18. The molecule has 0 spiro atoms. The van der Waals surface area contributed by atoms with E-state index in [1.54, 1.807) is 12.3 Å². The van der Waals surface area contributed by atoms with E-state index in [1.165, 1.54) is 6.20 Å². The van der Waals surface area contributed by atoms with Gasteiger partial charge in [-0.05, 0) is 27.6 Å². The zero-order valence-corrected chi connectivity index (χ0v) is 8.23. The molecule has 0 amide bonds. The number of aromatic nitrogens is 1. The lowest BCUT2D eigenvalue weighted by atomic mass is 10.0. The van der Waals surface area contributed by atoms with Gasteiger partial charge in [0.15, 0.2) is 0 Å². The zero-order chi connectivity index (χ0) is 9.84. The quantitative estimate of drug-likeness (QED) is 0.834. The van der Waals surface area contributed by atoms with Crippen LogP contribution in [0.15, 0.2) is 22.9 Å². The van der Waals surface area contributed by atoms with Crippen LogP contribution >= 0.6 is 15.9 Å². The van der Waals surface area contributed by atoms with E-state index in [0.29, 0.717) is 10.0 Å². The minimum absolute atomic E-state index is 0.423. The van der Waals surface area contributed by atoms with Crippen LogP contribution in [0.1, 0.15) is 11.5 Å². The second kappa shape index (κ2) is 4.34. The number of aliphatic hydroxyl groups excluding tert-OH is 1. The number of hydrogen-bond donors (Lipinski definition) is 2. The summed E-state index contributed by atoms with van der Waals surface area (Å²) in [5.74, 6) is -1.95. The average molecular weight is 246 g/mol. The van der Waals surface area contributed by atoms with E-state index >= 15 is 0 Å². The Kier molecular flexibility index (Phi) is 3.39. The molecule has 13 heavy (non-hydrogen) atoms. The van der Waals surface area contributed by atoms with E-state index in [9.17, 15) is 4.79 Å². The van der Waals surface area contributed by atoms with E-state index in [4.69, 9.17) is 10.2 Å². The number of rotatable bonds is 3. The van der Waals surface area contributed by atoms with Gasteiger partial charge in [-0.3, -0.25) is 9.78 Å². The summed E-state index contributed by atoms with van der Waals surface area (Å²) in [6, 6.07) is 1.63. The molecular formula is C8H8BrNO3. The topological polar surface area (TPSA) is 70.4 Å². The van der Waals surface area contributed by atoms with Gasteiger partial charge in [0.2, 0.25) is 0 Å². The van der Waals surface area contributed by atoms with Gasteiger partial charge in [-0.1, -0.05) is 0 Å². The fourth-order valence-electron chi connectivity index (χ4n) is 0.945. The van der Waals surface area contributed by atoms with Crippen LogP contribution in [-0.2, 0) is 4.79 Å². The van der Waals surface area contributed by atoms with Gasteiger partial charge in [0.25, 0.3) is 0 Å². The van der Waals surface area contributed by atoms with Gasteiger partial charge in [-0.2, -0.15) is 0 Å². The summed E-state index contributed by atoms with van der Waals surface area (Å²) < 4.78 is 0.699.